The smallest absolute Gasteiger partial charge is 0.335 e. The van der Waals surface area contributed by atoms with Crippen molar-refractivity contribution in [2.75, 3.05) is 16.8 Å². The van der Waals surface area contributed by atoms with Gasteiger partial charge in [0.05, 0.1) is 10.6 Å². The molecule has 5 amide bonds. The van der Waals surface area contributed by atoms with Gasteiger partial charge in [-0.15, -0.1) is 0 Å². The zero-order chi connectivity index (χ0) is 26.5. The first-order valence-electron chi connectivity index (χ1n) is 11.0. The van der Waals surface area contributed by atoms with Gasteiger partial charge in [-0.2, -0.15) is 0 Å². The number of nitro groups is 1. The van der Waals surface area contributed by atoms with E-state index in [0.717, 1.165) is 17.7 Å². The summed E-state index contributed by atoms with van der Waals surface area (Å²) in [6.07, 6.45) is 1.28. The van der Waals surface area contributed by atoms with Gasteiger partial charge in [-0.25, -0.2) is 9.69 Å². The number of carbonyl (C=O) groups is 4. The molecule has 0 saturated carbocycles. The second-order valence-corrected chi connectivity index (χ2v) is 8.01. The summed E-state index contributed by atoms with van der Waals surface area (Å²) in [5.74, 6) is -1.84. The normalized spacial score (nSPS) is 14.4. The first-order valence-corrected chi connectivity index (χ1v) is 11.0. The van der Waals surface area contributed by atoms with Crippen molar-refractivity contribution in [3.63, 3.8) is 0 Å². The predicted molar refractivity (Wildman–Crippen MR) is 134 cm³/mol. The number of anilines is 2. The van der Waals surface area contributed by atoms with Crippen LogP contribution in [0.3, 0.4) is 0 Å². The lowest BCUT2D eigenvalue weighted by atomic mass is 10.1. The van der Waals surface area contributed by atoms with Gasteiger partial charge in [0, 0.05) is 17.8 Å². The van der Waals surface area contributed by atoms with E-state index in [4.69, 9.17) is 4.74 Å². The van der Waals surface area contributed by atoms with Crippen molar-refractivity contribution in [3.8, 4) is 5.75 Å². The lowest BCUT2D eigenvalue weighted by Crippen LogP contribution is -2.54. The Kier molecular flexibility index (Phi) is 7.05. The van der Waals surface area contributed by atoms with Gasteiger partial charge < -0.3 is 10.1 Å². The van der Waals surface area contributed by atoms with E-state index in [2.05, 4.69) is 10.6 Å². The van der Waals surface area contributed by atoms with Crippen molar-refractivity contribution in [3.05, 3.63) is 99.6 Å². The number of aryl methyl sites for hydroxylation is 1. The Morgan fingerprint density at radius 1 is 1.05 bits per heavy atom. The fraction of sp³-hybridized carbons (Fsp3) is 0.0769. The average Bonchev–Trinajstić information content (AvgIpc) is 2.87. The van der Waals surface area contributed by atoms with Crippen molar-refractivity contribution in [1.82, 2.24) is 5.32 Å². The molecule has 0 bridgehead atoms. The van der Waals surface area contributed by atoms with Crippen LogP contribution in [0, 0.1) is 17.0 Å². The lowest BCUT2D eigenvalue weighted by molar-refractivity contribution is -0.384. The number of nitro benzene ring substituents is 1. The number of ether oxygens (including phenoxy) is 1. The van der Waals surface area contributed by atoms with E-state index in [9.17, 15) is 29.3 Å². The van der Waals surface area contributed by atoms with Gasteiger partial charge in [-0.1, -0.05) is 29.8 Å². The number of rotatable bonds is 7. The third-order valence-electron chi connectivity index (χ3n) is 5.29. The molecule has 0 spiro atoms. The molecular formula is C26H20N4O7. The number of urea groups is 1. The van der Waals surface area contributed by atoms with Crippen molar-refractivity contribution < 1.29 is 28.8 Å². The first-order chi connectivity index (χ1) is 17.7. The number of non-ortho nitro benzene ring substituents is 1. The van der Waals surface area contributed by atoms with Crippen molar-refractivity contribution >= 4 is 46.9 Å². The van der Waals surface area contributed by atoms with Gasteiger partial charge in [0.25, 0.3) is 23.4 Å². The Balaban J connectivity index is 1.48. The molecule has 0 aromatic heterocycles. The molecule has 1 aliphatic rings. The van der Waals surface area contributed by atoms with Crippen LogP contribution < -0.4 is 20.3 Å². The van der Waals surface area contributed by atoms with Crippen LogP contribution in [-0.4, -0.2) is 35.3 Å². The number of imide groups is 2. The van der Waals surface area contributed by atoms with E-state index in [1.54, 1.807) is 30.3 Å². The van der Waals surface area contributed by atoms with Crippen LogP contribution in [0.5, 0.6) is 5.75 Å². The SMILES string of the molecule is Cc1ccc(NC(=O)COc2cccc(/C=C3/C(=O)NC(=O)N(c4ccc([N+](=O)[O-])cc4)C3=O)c2)cc1. The molecule has 11 heteroatoms. The highest BCUT2D eigenvalue weighted by Crippen LogP contribution is 2.25. The Morgan fingerprint density at radius 3 is 2.43 bits per heavy atom. The summed E-state index contributed by atoms with van der Waals surface area (Å²) < 4.78 is 5.54. The molecule has 1 aliphatic heterocycles. The van der Waals surface area contributed by atoms with E-state index in [1.807, 2.05) is 19.1 Å². The predicted octanol–water partition coefficient (Wildman–Crippen LogP) is 3.59. The molecule has 1 heterocycles. The minimum atomic E-state index is -0.974. The van der Waals surface area contributed by atoms with Gasteiger partial charge >= 0.3 is 6.03 Å². The number of hydrogen-bond acceptors (Lipinski definition) is 7. The molecule has 37 heavy (non-hydrogen) atoms. The lowest BCUT2D eigenvalue weighted by Gasteiger charge is -2.26. The maximum Gasteiger partial charge on any atom is 0.335 e. The summed E-state index contributed by atoms with van der Waals surface area (Å²) in [5.41, 5.74) is 1.62. The van der Waals surface area contributed by atoms with Gasteiger partial charge in [0.2, 0.25) is 0 Å². The van der Waals surface area contributed by atoms with Crippen LogP contribution in [0.25, 0.3) is 6.08 Å². The number of hydrogen-bond donors (Lipinski definition) is 2. The Morgan fingerprint density at radius 2 is 1.76 bits per heavy atom. The Labute approximate surface area is 210 Å². The molecule has 1 saturated heterocycles. The summed E-state index contributed by atoms with van der Waals surface area (Å²) in [5, 5.41) is 15.7. The average molecular weight is 500 g/mol. The zero-order valence-electron chi connectivity index (χ0n) is 19.5. The molecule has 0 unspecified atom stereocenters. The van der Waals surface area contributed by atoms with Crippen molar-refractivity contribution in [2.45, 2.75) is 6.92 Å². The highest BCUT2D eigenvalue weighted by molar-refractivity contribution is 6.39. The van der Waals surface area contributed by atoms with Gasteiger partial charge in [-0.05, 0) is 55.0 Å². The van der Waals surface area contributed by atoms with E-state index in [-0.39, 0.29) is 29.5 Å². The molecule has 11 nitrogen and oxygen atoms in total. The summed E-state index contributed by atoms with van der Waals surface area (Å²) in [6, 6.07) is 17.4. The van der Waals surface area contributed by atoms with E-state index < -0.39 is 22.8 Å². The standard InChI is InChI=1S/C26H20N4O7/c1-16-5-7-18(8-6-16)27-23(31)15-37-21-4-2-3-17(13-21)14-22-24(32)28-26(34)29(25(22)33)19-9-11-20(12-10-19)30(35)36/h2-14H,15H2,1H3,(H,27,31)(H,28,32,34)/b22-14-. The van der Waals surface area contributed by atoms with E-state index in [1.165, 1.54) is 24.3 Å². The fourth-order valence-corrected chi connectivity index (χ4v) is 3.46. The second kappa shape index (κ2) is 10.5. The van der Waals surface area contributed by atoms with Gasteiger partial charge in [0.15, 0.2) is 6.61 Å². The number of nitrogens with one attached hydrogen (secondary N) is 2. The van der Waals surface area contributed by atoms with Crippen LogP contribution in [0.15, 0.2) is 78.4 Å². The molecule has 2 N–H and O–H groups in total. The van der Waals surface area contributed by atoms with Crippen LogP contribution >= 0.6 is 0 Å². The maximum atomic E-state index is 13.0. The molecule has 3 aromatic rings. The fourth-order valence-electron chi connectivity index (χ4n) is 3.46. The van der Waals surface area contributed by atoms with Crippen LogP contribution in [0.2, 0.25) is 0 Å². The number of nitrogens with zero attached hydrogens (tertiary/aromatic N) is 2. The Hall–Kier alpha value is -5.32. The molecular weight excluding hydrogens is 480 g/mol. The third kappa shape index (κ3) is 5.85. The minimum Gasteiger partial charge on any atom is -0.484 e. The number of benzene rings is 3. The number of amides is 5. The first kappa shape index (κ1) is 24.8. The molecule has 186 valence electrons. The topological polar surface area (TPSA) is 148 Å². The monoisotopic (exact) mass is 500 g/mol. The summed E-state index contributed by atoms with van der Waals surface area (Å²) in [4.78, 5) is 61.0. The largest absolute Gasteiger partial charge is 0.484 e. The summed E-state index contributed by atoms with van der Waals surface area (Å²) >= 11 is 0. The molecule has 3 aromatic carbocycles. The molecule has 1 fully saturated rings. The summed E-state index contributed by atoms with van der Waals surface area (Å²) in [7, 11) is 0. The van der Waals surface area contributed by atoms with Crippen molar-refractivity contribution in [1.29, 1.82) is 0 Å². The second-order valence-electron chi connectivity index (χ2n) is 8.01. The van der Waals surface area contributed by atoms with Crippen LogP contribution in [-0.2, 0) is 14.4 Å². The molecule has 0 radical (unpaired) electrons. The van der Waals surface area contributed by atoms with Gasteiger partial charge in [0.1, 0.15) is 11.3 Å². The zero-order valence-corrected chi connectivity index (χ0v) is 19.5. The quantitative estimate of drug-likeness (QED) is 0.218. The minimum absolute atomic E-state index is 0.0585. The van der Waals surface area contributed by atoms with Crippen LogP contribution in [0.1, 0.15) is 11.1 Å². The highest BCUT2D eigenvalue weighted by atomic mass is 16.6. The van der Waals surface area contributed by atoms with Crippen molar-refractivity contribution in [2.24, 2.45) is 0 Å². The molecule has 0 aliphatic carbocycles. The van der Waals surface area contributed by atoms with E-state index >= 15 is 0 Å². The number of barbiturate groups is 1. The third-order valence-corrected chi connectivity index (χ3v) is 5.29. The van der Waals surface area contributed by atoms with E-state index in [0.29, 0.717) is 21.9 Å². The number of carbonyl (C=O) groups excluding carboxylic acids is 4. The summed E-state index contributed by atoms with van der Waals surface area (Å²) in [6.45, 7) is 1.67. The molecule has 4 rings (SSSR count). The van der Waals surface area contributed by atoms with Crippen LogP contribution in [0.4, 0.5) is 21.9 Å². The highest BCUT2D eigenvalue weighted by Gasteiger charge is 2.37. The van der Waals surface area contributed by atoms with Gasteiger partial charge in [-0.3, -0.25) is 29.8 Å². The maximum absolute atomic E-state index is 13.0. The Bertz CT molecular complexity index is 1430. The molecule has 0 atom stereocenters.